The lowest BCUT2D eigenvalue weighted by Gasteiger charge is -2.07. The van der Waals surface area contributed by atoms with Gasteiger partial charge in [-0.25, -0.2) is 22.8 Å². The SMILES string of the molecule is COc1ncc(C(=O)NCCS(=O)(=O)c2ccc(F)cc2)cn1. The summed E-state index contributed by atoms with van der Waals surface area (Å²) in [6, 6.07) is 4.63. The molecule has 1 N–H and O–H groups in total. The van der Waals surface area contributed by atoms with E-state index in [2.05, 4.69) is 15.3 Å². The largest absolute Gasteiger partial charge is 0.467 e. The average molecular weight is 339 g/mol. The van der Waals surface area contributed by atoms with Crippen LogP contribution in [0.2, 0.25) is 0 Å². The van der Waals surface area contributed by atoms with Gasteiger partial charge in [0.25, 0.3) is 5.91 Å². The number of hydrogen-bond donors (Lipinski definition) is 1. The van der Waals surface area contributed by atoms with Gasteiger partial charge in [-0.15, -0.1) is 0 Å². The number of methoxy groups -OCH3 is 1. The molecule has 23 heavy (non-hydrogen) atoms. The molecule has 0 radical (unpaired) electrons. The second-order valence-corrected chi connectivity index (χ2v) is 6.60. The second-order valence-electron chi connectivity index (χ2n) is 4.49. The number of benzene rings is 1. The minimum atomic E-state index is -3.60. The quantitative estimate of drug-likeness (QED) is 0.783. The van der Waals surface area contributed by atoms with Crippen molar-refractivity contribution in [3.8, 4) is 6.01 Å². The molecule has 0 atom stereocenters. The minimum absolute atomic E-state index is 0.000861. The first kappa shape index (κ1) is 16.8. The molecule has 2 aromatic rings. The number of ether oxygens (including phenoxy) is 1. The van der Waals surface area contributed by atoms with Crippen LogP contribution in [0.15, 0.2) is 41.6 Å². The van der Waals surface area contributed by atoms with E-state index >= 15 is 0 Å². The Balaban J connectivity index is 1.92. The molecule has 2 rings (SSSR count). The molecule has 1 amide bonds. The molecule has 0 aliphatic heterocycles. The molecule has 0 fully saturated rings. The van der Waals surface area contributed by atoms with E-state index in [1.165, 1.54) is 31.6 Å². The molecule has 0 aliphatic rings. The molecule has 0 bridgehead atoms. The molecule has 1 aromatic heterocycles. The van der Waals surface area contributed by atoms with Crippen molar-refractivity contribution in [2.24, 2.45) is 0 Å². The predicted octanol–water partition coefficient (Wildman–Crippen LogP) is 0.828. The maximum Gasteiger partial charge on any atom is 0.316 e. The van der Waals surface area contributed by atoms with E-state index < -0.39 is 21.6 Å². The maximum atomic E-state index is 12.8. The summed E-state index contributed by atoms with van der Waals surface area (Å²) in [5.41, 5.74) is 0.185. The van der Waals surface area contributed by atoms with E-state index in [9.17, 15) is 17.6 Å². The Labute approximate surface area is 132 Å². The summed E-state index contributed by atoms with van der Waals surface area (Å²) in [5.74, 6) is -1.32. The molecule has 122 valence electrons. The lowest BCUT2D eigenvalue weighted by molar-refractivity contribution is 0.0955. The number of carbonyl (C=O) groups is 1. The van der Waals surface area contributed by atoms with Gasteiger partial charge < -0.3 is 10.1 Å². The fourth-order valence-corrected chi connectivity index (χ4v) is 2.86. The molecule has 0 aliphatic carbocycles. The smallest absolute Gasteiger partial charge is 0.316 e. The third-order valence-electron chi connectivity index (χ3n) is 2.90. The Bertz CT molecular complexity index is 777. The van der Waals surface area contributed by atoms with Crippen LogP contribution < -0.4 is 10.1 Å². The number of nitrogens with zero attached hydrogens (tertiary/aromatic N) is 2. The lowest BCUT2D eigenvalue weighted by Crippen LogP contribution is -2.29. The minimum Gasteiger partial charge on any atom is -0.467 e. The van der Waals surface area contributed by atoms with Gasteiger partial charge in [-0.05, 0) is 24.3 Å². The van der Waals surface area contributed by atoms with Gasteiger partial charge in [0.1, 0.15) is 5.82 Å². The Morgan fingerprint density at radius 3 is 2.39 bits per heavy atom. The second kappa shape index (κ2) is 7.14. The van der Waals surface area contributed by atoms with Gasteiger partial charge >= 0.3 is 6.01 Å². The number of nitrogens with one attached hydrogen (secondary N) is 1. The van der Waals surface area contributed by atoms with Crippen LogP contribution in [-0.4, -0.2) is 43.7 Å². The maximum absolute atomic E-state index is 12.8. The van der Waals surface area contributed by atoms with Crippen molar-refractivity contribution in [1.29, 1.82) is 0 Å². The summed E-state index contributed by atoms with van der Waals surface area (Å²) < 4.78 is 41.6. The van der Waals surface area contributed by atoms with Crippen LogP contribution in [0.1, 0.15) is 10.4 Å². The van der Waals surface area contributed by atoms with Crippen LogP contribution in [0.3, 0.4) is 0 Å². The Hall–Kier alpha value is -2.55. The topological polar surface area (TPSA) is 98.2 Å². The van der Waals surface area contributed by atoms with Crippen LogP contribution in [0.5, 0.6) is 6.01 Å². The molecular formula is C14H14FN3O4S. The number of hydrogen-bond acceptors (Lipinski definition) is 6. The van der Waals surface area contributed by atoms with Crippen LogP contribution in [0, 0.1) is 5.82 Å². The van der Waals surface area contributed by atoms with E-state index in [4.69, 9.17) is 4.74 Å². The van der Waals surface area contributed by atoms with Gasteiger partial charge in [0.15, 0.2) is 9.84 Å². The van der Waals surface area contributed by atoms with E-state index in [-0.39, 0.29) is 28.8 Å². The average Bonchev–Trinajstić information content (AvgIpc) is 2.55. The molecular weight excluding hydrogens is 325 g/mol. The van der Waals surface area contributed by atoms with E-state index in [0.29, 0.717) is 0 Å². The van der Waals surface area contributed by atoms with Gasteiger partial charge in [-0.3, -0.25) is 4.79 Å². The highest BCUT2D eigenvalue weighted by Crippen LogP contribution is 2.11. The van der Waals surface area contributed by atoms with Crippen molar-refractivity contribution >= 4 is 15.7 Å². The number of halogens is 1. The lowest BCUT2D eigenvalue weighted by atomic mass is 10.3. The highest BCUT2D eigenvalue weighted by molar-refractivity contribution is 7.91. The standard InChI is InChI=1S/C14H14FN3O4S/c1-22-14-17-8-10(9-18-14)13(19)16-6-7-23(20,21)12-4-2-11(15)3-5-12/h2-5,8-9H,6-7H2,1H3,(H,16,19). The molecule has 9 heteroatoms. The Morgan fingerprint density at radius 1 is 1.22 bits per heavy atom. The summed E-state index contributed by atoms with van der Waals surface area (Å²) in [7, 11) is -2.20. The molecule has 7 nitrogen and oxygen atoms in total. The zero-order valence-electron chi connectivity index (χ0n) is 12.2. The molecule has 1 heterocycles. The fraction of sp³-hybridized carbons (Fsp3) is 0.214. The van der Waals surface area contributed by atoms with Crippen molar-refractivity contribution in [2.75, 3.05) is 19.4 Å². The van der Waals surface area contributed by atoms with E-state index in [0.717, 1.165) is 12.1 Å². The first-order valence-electron chi connectivity index (χ1n) is 6.55. The summed E-state index contributed by atoms with van der Waals surface area (Å²) in [4.78, 5) is 19.4. The molecule has 0 saturated carbocycles. The van der Waals surface area contributed by atoms with Crippen molar-refractivity contribution in [1.82, 2.24) is 15.3 Å². The first-order valence-corrected chi connectivity index (χ1v) is 8.20. The van der Waals surface area contributed by atoms with Crippen molar-refractivity contribution < 1.29 is 22.3 Å². The van der Waals surface area contributed by atoms with Gasteiger partial charge in [-0.2, -0.15) is 0 Å². The summed E-state index contributed by atoms with van der Waals surface area (Å²) >= 11 is 0. The number of aromatic nitrogens is 2. The molecule has 0 saturated heterocycles. The predicted molar refractivity (Wildman–Crippen MR) is 79.4 cm³/mol. The van der Waals surface area contributed by atoms with Crippen molar-refractivity contribution in [3.63, 3.8) is 0 Å². The zero-order chi connectivity index (χ0) is 16.9. The fourth-order valence-electron chi connectivity index (χ4n) is 1.70. The molecule has 0 spiro atoms. The van der Waals surface area contributed by atoms with Gasteiger partial charge in [-0.1, -0.05) is 0 Å². The number of amides is 1. The Kier molecular flexibility index (Phi) is 5.22. The third-order valence-corrected chi connectivity index (χ3v) is 4.63. The summed E-state index contributed by atoms with van der Waals surface area (Å²) in [6.45, 7) is -0.0927. The summed E-state index contributed by atoms with van der Waals surface area (Å²) in [5, 5.41) is 2.46. The number of sulfone groups is 1. The van der Waals surface area contributed by atoms with E-state index in [1.807, 2.05) is 0 Å². The van der Waals surface area contributed by atoms with Gasteiger partial charge in [0.2, 0.25) is 0 Å². The Morgan fingerprint density at radius 2 is 1.83 bits per heavy atom. The highest BCUT2D eigenvalue weighted by atomic mass is 32.2. The first-order chi connectivity index (χ1) is 10.9. The molecule has 0 unspecified atom stereocenters. The van der Waals surface area contributed by atoms with Crippen LogP contribution in [0.4, 0.5) is 4.39 Å². The monoisotopic (exact) mass is 339 g/mol. The number of carbonyl (C=O) groups excluding carboxylic acids is 1. The highest BCUT2D eigenvalue weighted by Gasteiger charge is 2.15. The zero-order valence-corrected chi connectivity index (χ0v) is 13.0. The summed E-state index contributed by atoms with van der Waals surface area (Å²) in [6.07, 6.45) is 2.55. The number of rotatable bonds is 6. The van der Waals surface area contributed by atoms with Crippen molar-refractivity contribution in [2.45, 2.75) is 4.90 Å². The third kappa shape index (κ3) is 4.46. The van der Waals surface area contributed by atoms with Crippen molar-refractivity contribution in [3.05, 3.63) is 48.0 Å². The van der Waals surface area contributed by atoms with Gasteiger partial charge in [0, 0.05) is 18.9 Å². The van der Waals surface area contributed by atoms with E-state index in [1.54, 1.807) is 0 Å². The van der Waals surface area contributed by atoms with Crippen LogP contribution in [0.25, 0.3) is 0 Å². The van der Waals surface area contributed by atoms with Gasteiger partial charge in [0.05, 0.1) is 23.3 Å². The van der Waals surface area contributed by atoms with Crippen LogP contribution >= 0.6 is 0 Å². The normalized spacial score (nSPS) is 11.0. The van der Waals surface area contributed by atoms with Crippen LogP contribution in [-0.2, 0) is 9.84 Å². The molecule has 1 aromatic carbocycles.